The minimum Gasteiger partial charge on any atom is -0.480 e. The molecule has 2 rings (SSSR count). The third-order valence-corrected chi connectivity index (χ3v) is 5.99. The summed E-state index contributed by atoms with van der Waals surface area (Å²) in [5.74, 6) is -0.0331. The average Bonchev–Trinajstić information content (AvgIpc) is 2.83. The van der Waals surface area contributed by atoms with Crippen LogP contribution >= 0.6 is 0 Å². The third-order valence-electron chi connectivity index (χ3n) is 5.99. The van der Waals surface area contributed by atoms with Crippen LogP contribution in [0.15, 0.2) is 0 Å². The fourth-order valence-electron chi connectivity index (χ4n) is 3.86. The van der Waals surface area contributed by atoms with Gasteiger partial charge >= 0.3 is 5.97 Å². The van der Waals surface area contributed by atoms with Crippen LogP contribution in [0.5, 0.6) is 0 Å². The summed E-state index contributed by atoms with van der Waals surface area (Å²) >= 11 is 0. The first-order valence-corrected chi connectivity index (χ1v) is 8.05. The molecule has 20 heavy (non-hydrogen) atoms. The zero-order valence-corrected chi connectivity index (χ0v) is 13.2. The lowest BCUT2D eigenvalue weighted by atomic mass is 9.68. The molecule has 1 saturated heterocycles. The van der Waals surface area contributed by atoms with Crippen molar-refractivity contribution in [2.45, 2.75) is 70.9 Å². The van der Waals surface area contributed by atoms with E-state index in [1.807, 2.05) is 0 Å². The molecule has 0 spiro atoms. The second-order valence-electron chi connectivity index (χ2n) is 7.53. The van der Waals surface area contributed by atoms with E-state index < -0.39 is 11.5 Å². The predicted octanol–water partition coefficient (Wildman–Crippen LogP) is 2.47. The molecule has 1 saturated carbocycles. The highest BCUT2D eigenvalue weighted by Gasteiger charge is 2.44. The average molecular weight is 282 g/mol. The molecule has 1 aliphatic heterocycles. The van der Waals surface area contributed by atoms with E-state index >= 15 is 0 Å². The predicted molar refractivity (Wildman–Crippen MR) is 80.6 cm³/mol. The van der Waals surface area contributed by atoms with Gasteiger partial charge in [0, 0.05) is 19.1 Å². The lowest BCUT2D eigenvalue weighted by Crippen LogP contribution is -2.51. The van der Waals surface area contributed by atoms with Gasteiger partial charge in [0.1, 0.15) is 5.54 Å². The first-order valence-electron chi connectivity index (χ1n) is 8.05. The highest BCUT2D eigenvalue weighted by atomic mass is 16.4. The summed E-state index contributed by atoms with van der Waals surface area (Å²) in [6.45, 7) is 8.40. The van der Waals surface area contributed by atoms with Gasteiger partial charge in [0.05, 0.1) is 0 Å². The van der Waals surface area contributed by atoms with Crippen molar-refractivity contribution in [1.82, 2.24) is 4.90 Å². The van der Waals surface area contributed by atoms with Gasteiger partial charge in [-0.05, 0) is 43.4 Å². The van der Waals surface area contributed by atoms with Crippen molar-refractivity contribution in [1.29, 1.82) is 0 Å². The van der Waals surface area contributed by atoms with E-state index in [1.165, 1.54) is 32.1 Å². The van der Waals surface area contributed by atoms with Gasteiger partial charge in [0.2, 0.25) is 0 Å². The maximum atomic E-state index is 11.2. The van der Waals surface area contributed by atoms with Gasteiger partial charge in [-0.2, -0.15) is 0 Å². The second kappa shape index (κ2) is 5.64. The molecular formula is C16H30N2O2. The molecule has 1 aliphatic carbocycles. The fourth-order valence-corrected chi connectivity index (χ4v) is 3.86. The Kier molecular flexibility index (Phi) is 4.45. The minimum absolute atomic E-state index is 0.439. The van der Waals surface area contributed by atoms with E-state index in [1.54, 1.807) is 0 Å². The summed E-state index contributed by atoms with van der Waals surface area (Å²) in [5, 5.41) is 9.22. The Morgan fingerprint density at radius 1 is 1.35 bits per heavy atom. The summed E-state index contributed by atoms with van der Waals surface area (Å²) in [5.41, 5.74) is 5.40. The first kappa shape index (κ1) is 15.8. The zero-order chi connectivity index (χ0) is 15.0. The van der Waals surface area contributed by atoms with Gasteiger partial charge in [-0.25, -0.2) is 0 Å². The van der Waals surface area contributed by atoms with Crippen molar-refractivity contribution in [3.8, 4) is 0 Å². The van der Waals surface area contributed by atoms with E-state index in [0.717, 1.165) is 12.5 Å². The smallest absolute Gasteiger partial charge is 0.325 e. The zero-order valence-electron chi connectivity index (χ0n) is 13.2. The molecule has 2 aliphatic rings. The quantitative estimate of drug-likeness (QED) is 0.831. The molecular weight excluding hydrogens is 252 g/mol. The van der Waals surface area contributed by atoms with Crippen LogP contribution in [0, 0.1) is 11.3 Å². The summed E-state index contributed by atoms with van der Waals surface area (Å²) < 4.78 is 0. The number of likely N-dealkylation sites (tertiary alicyclic amines) is 1. The van der Waals surface area contributed by atoms with Crippen molar-refractivity contribution >= 4 is 5.97 Å². The normalized spacial score (nSPS) is 36.2. The lowest BCUT2D eigenvalue weighted by Gasteiger charge is -2.41. The van der Waals surface area contributed by atoms with E-state index in [-0.39, 0.29) is 0 Å². The number of rotatable bonds is 4. The lowest BCUT2D eigenvalue weighted by molar-refractivity contribution is -0.142. The van der Waals surface area contributed by atoms with Crippen LogP contribution in [-0.2, 0) is 4.79 Å². The van der Waals surface area contributed by atoms with Crippen molar-refractivity contribution in [2.75, 3.05) is 13.1 Å². The van der Waals surface area contributed by atoms with E-state index in [9.17, 15) is 9.90 Å². The van der Waals surface area contributed by atoms with Crippen LogP contribution in [0.1, 0.15) is 59.3 Å². The highest BCUT2D eigenvalue weighted by Crippen LogP contribution is 2.42. The molecule has 3 N–H and O–H groups in total. The van der Waals surface area contributed by atoms with Crippen molar-refractivity contribution in [3.05, 3.63) is 0 Å². The highest BCUT2D eigenvalue weighted by molar-refractivity contribution is 5.79. The van der Waals surface area contributed by atoms with E-state index in [2.05, 4.69) is 25.7 Å². The molecule has 2 fully saturated rings. The molecule has 116 valence electrons. The van der Waals surface area contributed by atoms with Gasteiger partial charge in [-0.15, -0.1) is 0 Å². The number of carboxylic acids is 1. The molecule has 1 heterocycles. The van der Waals surface area contributed by atoms with Crippen LogP contribution in [0.2, 0.25) is 0 Å². The number of aliphatic carboxylic acids is 1. The standard InChI is InChI=1S/C16H30N2O2/c1-4-15(2,3)12-5-7-13(8-6-12)18-10-9-16(17,11-18)14(19)20/h12-13H,4-11,17H2,1-3H3,(H,19,20). The first-order chi connectivity index (χ1) is 9.28. The summed E-state index contributed by atoms with van der Waals surface area (Å²) in [6.07, 6.45) is 6.76. The number of carboxylic acid groups (broad SMARTS) is 1. The molecule has 0 aromatic rings. The van der Waals surface area contributed by atoms with Gasteiger partial charge in [-0.3, -0.25) is 9.69 Å². The fraction of sp³-hybridized carbons (Fsp3) is 0.938. The van der Waals surface area contributed by atoms with E-state index in [4.69, 9.17) is 5.73 Å². The summed E-state index contributed by atoms with van der Waals surface area (Å²) in [7, 11) is 0. The Morgan fingerprint density at radius 3 is 2.40 bits per heavy atom. The molecule has 1 atom stereocenters. The molecule has 0 aromatic carbocycles. The van der Waals surface area contributed by atoms with Crippen LogP contribution in [0.4, 0.5) is 0 Å². The largest absolute Gasteiger partial charge is 0.480 e. The molecule has 0 bridgehead atoms. The maximum Gasteiger partial charge on any atom is 0.325 e. The monoisotopic (exact) mass is 282 g/mol. The van der Waals surface area contributed by atoms with Crippen molar-refractivity contribution in [3.63, 3.8) is 0 Å². The van der Waals surface area contributed by atoms with Crippen LogP contribution in [0.25, 0.3) is 0 Å². The molecule has 0 aromatic heterocycles. The SMILES string of the molecule is CCC(C)(C)C1CCC(N2CCC(N)(C(=O)O)C2)CC1. The molecule has 4 heteroatoms. The Bertz CT molecular complexity index is 361. The number of carbonyl (C=O) groups is 1. The number of hydrogen-bond donors (Lipinski definition) is 2. The van der Waals surface area contributed by atoms with Crippen molar-refractivity contribution < 1.29 is 9.90 Å². The van der Waals surface area contributed by atoms with Gasteiger partial charge in [0.15, 0.2) is 0 Å². The molecule has 1 unspecified atom stereocenters. The van der Waals surface area contributed by atoms with Gasteiger partial charge in [-0.1, -0.05) is 27.2 Å². The Morgan fingerprint density at radius 2 is 1.95 bits per heavy atom. The van der Waals surface area contributed by atoms with Gasteiger partial charge in [0.25, 0.3) is 0 Å². The molecule has 0 amide bonds. The second-order valence-corrected chi connectivity index (χ2v) is 7.53. The number of nitrogens with zero attached hydrogens (tertiary/aromatic N) is 1. The number of hydrogen-bond acceptors (Lipinski definition) is 3. The Hall–Kier alpha value is -0.610. The number of nitrogens with two attached hydrogens (primary N) is 1. The topological polar surface area (TPSA) is 66.6 Å². The van der Waals surface area contributed by atoms with Crippen molar-refractivity contribution in [2.24, 2.45) is 17.1 Å². The molecule has 0 radical (unpaired) electrons. The van der Waals surface area contributed by atoms with E-state index in [0.29, 0.717) is 24.4 Å². The Balaban J connectivity index is 1.88. The Labute approximate surface area is 122 Å². The van der Waals surface area contributed by atoms with Crippen LogP contribution in [0.3, 0.4) is 0 Å². The van der Waals surface area contributed by atoms with Gasteiger partial charge < -0.3 is 10.8 Å². The molecule has 4 nitrogen and oxygen atoms in total. The van der Waals surface area contributed by atoms with Crippen LogP contribution in [-0.4, -0.2) is 40.6 Å². The summed E-state index contributed by atoms with van der Waals surface area (Å²) in [4.78, 5) is 13.5. The van der Waals surface area contributed by atoms with Crippen LogP contribution < -0.4 is 5.73 Å². The third kappa shape index (κ3) is 3.01. The summed E-state index contributed by atoms with van der Waals surface area (Å²) in [6, 6.07) is 0.545. The minimum atomic E-state index is -1.01. The maximum absolute atomic E-state index is 11.2.